The second kappa shape index (κ2) is 14.4. The molecule has 3 aromatic rings. The Balaban J connectivity index is 1.87. The molecule has 2 heterocycles. The minimum atomic E-state index is -1.16. The summed E-state index contributed by atoms with van der Waals surface area (Å²) in [5.74, 6) is -2.71. The Morgan fingerprint density at radius 3 is 2.07 bits per heavy atom. The van der Waals surface area contributed by atoms with Crippen LogP contribution in [0.1, 0.15) is 51.8 Å². The molecule has 3 amide bonds. The number of nitrogens with one attached hydrogen (secondary N) is 5. The van der Waals surface area contributed by atoms with Crippen molar-refractivity contribution in [1.29, 1.82) is 0 Å². The zero-order valence-electron chi connectivity index (χ0n) is 23.9. The Morgan fingerprint density at radius 2 is 1.46 bits per heavy atom. The van der Waals surface area contributed by atoms with E-state index in [2.05, 4.69) is 30.9 Å². The molecule has 0 aliphatic carbocycles. The third-order valence-electron chi connectivity index (χ3n) is 6.73. The molecule has 12 nitrogen and oxygen atoms in total. The van der Waals surface area contributed by atoms with Crippen molar-refractivity contribution in [3.63, 3.8) is 0 Å². The molecule has 0 spiro atoms. The summed E-state index contributed by atoms with van der Waals surface area (Å²) in [4.78, 5) is 62.0. The largest absolute Gasteiger partial charge is 0.480 e. The molecule has 0 aliphatic rings. The summed E-state index contributed by atoms with van der Waals surface area (Å²) >= 11 is 0. The molecule has 0 saturated heterocycles. The van der Waals surface area contributed by atoms with Crippen LogP contribution in [0.25, 0.3) is 10.9 Å². The van der Waals surface area contributed by atoms with Crippen molar-refractivity contribution in [2.75, 3.05) is 0 Å². The van der Waals surface area contributed by atoms with Gasteiger partial charge in [0.1, 0.15) is 18.1 Å². The molecule has 3 rings (SSSR count). The first-order valence-electron chi connectivity index (χ1n) is 13.9. The van der Waals surface area contributed by atoms with E-state index in [1.807, 2.05) is 52.0 Å². The number of benzene rings is 1. The Labute approximate surface area is 239 Å². The lowest BCUT2D eigenvalue weighted by molar-refractivity contribution is -0.142. The second-order valence-electron chi connectivity index (χ2n) is 11.2. The average molecular weight is 568 g/mol. The van der Waals surface area contributed by atoms with Crippen LogP contribution >= 0.6 is 0 Å². The summed E-state index contributed by atoms with van der Waals surface area (Å²) in [6, 6.07) is 3.41. The number of carbonyl (C=O) groups is 4. The van der Waals surface area contributed by atoms with E-state index < -0.39 is 47.9 Å². The number of aliphatic carboxylic acids is 1. The fourth-order valence-electron chi connectivity index (χ4n) is 4.69. The van der Waals surface area contributed by atoms with Crippen molar-refractivity contribution in [2.45, 2.75) is 77.5 Å². The number of rotatable bonds is 15. The molecular weight excluding hydrogens is 526 g/mol. The van der Waals surface area contributed by atoms with Gasteiger partial charge in [-0.25, -0.2) is 9.78 Å². The quantitative estimate of drug-likeness (QED) is 0.145. The number of nitrogens with zero attached hydrogens (tertiary/aromatic N) is 1. The molecule has 0 aliphatic heterocycles. The third kappa shape index (κ3) is 9.17. The molecule has 0 saturated carbocycles. The number of H-pyrrole nitrogens is 2. The van der Waals surface area contributed by atoms with E-state index >= 15 is 0 Å². The lowest BCUT2D eigenvalue weighted by Gasteiger charge is -2.25. The van der Waals surface area contributed by atoms with Gasteiger partial charge in [-0.15, -0.1) is 0 Å². The number of para-hydroxylation sites is 1. The van der Waals surface area contributed by atoms with E-state index in [9.17, 15) is 24.3 Å². The highest BCUT2D eigenvalue weighted by Gasteiger charge is 2.31. The summed E-state index contributed by atoms with van der Waals surface area (Å²) < 4.78 is 0. The van der Waals surface area contributed by atoms with E-state index in [-0.39, 0.29) is 31.1 Å². The topological polar surface area (TPSA) is 195 Å². The van der Waals surface area contributed by atoms with Crippen molar-refractivity contribution in [3.8, 4) is 0 Å². The maximum absolute atomic E-state index is 13.6. The maximum atomic E-state index is 13.6. The van der Waals surface area contributed by atoms with Crippen molar-refractivity contribution >= 4 is 34.6 Å². The van der Waals surface area contributed by atoms with Crippen molar-refractivity contribution in [2.24, 2.45) is 17.6 Å². The maximum Gasteiger partial charge on any atom is 0.326 e. The van der Waals surface area contributed by atoms with Gasteiger partial charge in [-0.2, -0.15) is 0 Å². The summed E-state index contributed by atoms with van der Waals surface area (Å²) in [5.41, 5.74) is 8.30. The van der Waals surface area contributed by atoms with E-state index in [0.29, 0.717) is 12.1 Å². The number of amides is 3. The number of hydrogen-bond donors (Lipinski definition) is 7. The molecule has 41 heavy (non-hydrogen) atoms. The van der Waals surface area contributed by atoms with Gasteiger partial charge in [0, 0.05) is 41.8 Å². The zero-order chi connectivity index (χ0) is 30.1. The van der Waals surface area contributed by atoms with Crippen LogP contribution in [0.15, 0.2) is 43.0 Å². The molecule has 0 radical (unpaired) electrons. The Kier molecular flexibility index (Phi) is 11.0. The minimum Gasteiger partial charge on any atom is -0.480 e. The third-order valence-corrected chi connectivity index (χ3v) is 6.73. The fourth-order valence-corrected chi connectivity index (χ4v) is 4.69. The molecule has 0 bridgehead atoms. The van der Waals surface area contributed by atoms with Crippen LogP contribution in [-0.4, -0.2) is 67.9 Å². The summed E-state index contributed by atoms with van der Waals surface area (Å²) in [7, 11) is 0. The number of hydrogen-bond acceptors (Lipinski definition) is 6. The van der Waals surface area contributed by atoms with Crippen LogP contribution in [-0.2, 0) is 32.0 Å². The molecule has 2 aromatic heterocycles. The van der Waals surface area contributed by atoms with Crippen LogP contribution in [0, 0.1) is 11.8 Å². The summed E-state index contributed by atoms with van der Waals surface area (Å²) in [5, 5.41) is 18.7. The summed E-state index contributed by atoms with van der Waals surface area (Å²) in [6.07, 6.45) is 5.59. The van der Waals surface area contributed by atoms with Crippen LogP contribution in [0.2, 0.25) is 0 Å². The molecule has 4 unspecified atom stereocenters. The van der Waals surface area contributed by atoms with E-state index in [1.54, 1.807) is 12.4 Å². The van der Waals surface area contributed by atoms with Crippen molar-refractivity contribution < 1.29 is 24.3 Å². The molecule has 1 aromatic carbocycles. The van der Waals surface area contributed by atoms with Gasteiger partial charge in [0.25, 0.3) is 0 Å². The Morgan fingerprint density at radius 1 is 0.854 bits per heavy atom. The Bertz CT molecular complexity index is 1320. The van der Waals surface area contributed by atoms with Crippen LogP contribution < -0.4 is 21.7 Å². The molecular formula is C29H41N7O5. The lowest BCUT2D eigenvalue weighted by atomic mass is 10.0. The van der Waals surface area contributed by atoms with Crippen LogP contribution in [0.3, 0.4) is 0 Å². The number of aromatic nitrogens is 3. The Hall–Kier alpha value is -4.19. The van der Waals surface area contributed by atoms with Gasteiger partial charge in [-0.05, 0) is 36.3 Å². The van der Waals surface area contributed by atoms with E-state index in [4.69, 9.17) is 5.73 Å². The minimum absolute atomic E-state index is 0.0158. The highest BCUT2D eigenvalue weighted by atomic mass is 16.4. The monoisotopic (exact) mass is 567 g/mol. The van der Waals surface area contributed by atoms with Gasteiger partial charge in [0.15, 0.2) is 0 Å². The van der Waals surface area contributed by atoms with Gasteiger partial charge in [0.2, 0.25) is 17.7 Å². The van der Waals surface area contributed by atoms with Crippen LogP contribution in [0.4, 0.5) is 0 Å². The smallest absolute Gasteiger partial charge is 0.326 e. The number of imidazole rings is 1. The molecule has 4 atom stereocenters. The van der Waals surface area contributed by atoms with Crippen molar-refractivity contribution in [1.82, 2.24) is 30.9 Å². The van der Waals surface area contributed by atoms with Gasteiger partial charge in [0.05, 0.1) is 12.4 Å². The van der Waals surface area contributed by atoms with E-state index in [0.717, 1.165) is 16.5 Å². The molecule has 222 valence electrons. The first-order valence-corrected chi connectivity index (χ1v) is 13.9. The standard InChI is InChI=1S/C29H41N7O5/c1-16(2)9-21(30)26(37)34-24(12-19-14-31-15-33-19)28(39)35-23(27(38)36-25(29(40)41)10-17(3)4)11-18-13-32-22-8-6-5-7-20(18)22/h5-8,13-17,21,23-25,32H,9-12,30H2,1-4H3,(H,31,33)(H,34,37)(H,35,39)(H,36,38)(H,40,41). The molecule has 12 heteroatoms. The van der Waals surface area contributed by atoms with Gasteiger partial charge >= 0.3 is 5.97 Å². The number of nitrogens with two attached hydrogens (primary N) is 1. The normalized spacial score (nSPS) is 14.4. The molecule has 0 fully saturated rings. The van der Waals surface area contributed by atoms with E-state index in [1.165, 1.54) is 6.33 Å². The SMILES string of the molecule is CC(C)CC(N)C(=O)NC(Cc1cnc[nH]1)C(=O)NC(Cc1c[nH]c2ccccc12)C(=O)NC(CC(C)C)C(=O)O. The first kappa shape index (κ1) is 31.3. The number of aromatic amines is 2. The first-order chi connectivity index (χ1) is 19.4. The summed E-state index contributed by atoms with van der Waals surface area (Å²) in [6.45, 7) is 7.61. The van der Waals surface area contributed by atoms with Gasteiger partial charge in [-0.1, -0.05) is 45.9 Å². The highest BCUT2D eigenvalue weighted by Crippen LogP contribution is 2.19. The second-order valence-corrected chi connectivity index (χ2v) is 11.2. The highest BCUT2D eigenvalue weighted by molar-refractivity contribution is 5.95. The zero-order valence-corrected chi connectivity index (χ0v) is 23.9. The fraction of sp³-hybridized carbons (Fsp3) is 0.483. The van der Waals surface area contributed by atoms with Gasteiger partial charge in [-0.3, -0.25) is 14.4 Å². The number of carbonyl (C=O) groups excluding carboxylic acids is 3. The lowest BCUT2D eigenvalue weighted by Crippen LogP contribution is -2.58. The number of fused-ring (bicyclic) bond motifs is 1. The van der Waals surface area contributed by atoms with Crippen molar-refractivity contribution in [3.05, 3.63) is 54.2 Å². The average Bonchev–Trinajstić information content (AvgIpc) is 3.56. The number of carboxylic acid groups (broad SMARTS) is 1. The van der Waals surface area contributed by atoms with Crippen LogP contribution in [0.5, 0.6) is 0 Å². The molecule has 8 N–H and O–H groups in total. The van der Waals surface area contributed by atoms with Gasteiger partial charge < -0.3 is 36.8 Å². The number of carboxylic acids is 1. The predicted octanol–water partition coefficient (Wildman–Crippen LogP) is 1.63. The predicted molar refractivity (Wildman–Crippen MR) is 155 cm³/mol.